The molecule has 192 valence electrons. The van der Waals surface area contributed by atoms with Crippen molar-refractivity contribution in [1.29, 1.82) is 0 Å². The average Bonchev–Trinajstić information content (AvgIpc) is 2.67. The first kappa shape index (κ1) is 29.6. The number of thiol groups is 1. The van der Waals surface area contributed by atoms with Gasteiger partial charge in [-0.25, -0.2) is 4.79 Å². The molecule has 8 nitrogen and oxygen atoms in total. The standard InChI is InChI=1S/C25H41N3O5S/c1-10-25(8,9)28(21(31)17(15-34)26-22(32)33-24(5,6)7)19(20(30)27-23(2,3)4)16-13-11-12-14-18(16)29/h11-14,17,19,29,34H,10,15H2,1-9H3,(H,26,32)(H,27,30). The van der Waals surface area contributed by atoms with Gasteiger partial charge in [0.05, 0.1) is 0 Å². The van der Waals surface area contributed by atoms with Gasteiger partial charge >= 0.3 is 6.09 Å². The summed E-state index contributed by atoms with van der Waals surface area (Å²) in [4.78, 5) is 41.4. The van der Waals surface area contributed by atoms with Crippen LogP contribution in [0, 0.1) is 0 Å². The van der Waals surface area contributed by atoms with Crippen molar-refractivity contribution in [2.45, 2.75) is 97.5 Å². The summed E-state index contributed by atoms with van der Waals surface area (Å²) in [6.45, 7) is 16.3. The molecule has 0 fully saturated rings. The fourth-order valence-corrected chi connectivity index (χ4v) is 3.55. The molecule has 34 heavy (non-hydrogen) atoms. The number of hydrogen-bond donors (Lipinski definition) is 4. The molecule has 0 radical (unpaired) electrons. The molecule has 9 heteroatoms. The zero-order valence-corrected chi connectivity index (χ0v) is 22.7. The number of rotatable bonds is 8. The molecule has 0 saturated heterocycles. The Morgan fingerprint density at radius 3 is 2.06 bits per heavy atom. The van der Waals surface area contributed by atoms with Crippen LogP contribution in [-0.2, 0) is 14.3 Å². The molecule has 1 rings (SSSR count). The molecule has 0 aliphatic carbocycles. The first-order valence-electron chi connectivity index (χ1n) is 11.5. The molecular formula is C25H41N3O5S. The number of aromatic hydroxyl groups is 1. The van der Waals surface area contributed by atoms with Crippen LogP contribution in [-0.4, -0.2) is 56.4 Å². The third kappa shape index (κ3) is 8.42. The van der Waals surface area contributed by atoms with Gasteiger partial charge in [-0.2, -0.15) is 12.6 Å². The maximum absolute atomic E-state index is 13.9. The number of amides is 3. The molecule has 1 aromatic rings. The van der Waals surface area contributed by atoms with Gasteiger partial charge in [0, 0.05) is 22.4 Å². The van der Waals surface area contributed by atoms with Crippen LogP contribution in [0.4, 0.5) is 4.79 Å². The largest absolute Gasteiger partial charge is 0.508 e. The highest BCUT2D eigenvalue weighted by Gasteiger charge is 2.44. The van der Waals surface area contributed by atoms with Gasteiger partial charge < -0.3 is 25.4 Å². The van der Waals surface area contributed by atoms with E-state index in [0.29, 0.717) is 6.42 Å². The molecule has 0 aliphatic heterocycles. The fraction of sp³-hybridized carbons (Fsp3) is 0.640. The molecule has 3 N–H and O–H groups in total. The zero-order chi connectivity index (χ0) is 26.5. The Bertz CT molecular complexity index is 874. The van der Waals surface area contributed by atoms with Gasteiger partial charge in [0.1, 0.15) is 23.4 Å². The fourth-order valence-electron chi connectivity index (χ4n) is 3.30. The van der Waals surface area contributed by atoms with E-state index in [-0.39, 0.29) is 17.1 Å². The maximum Gasteiger partial charge on any atom is 0.408 e. The van der Waals surface area contributed by atoms with Crippen molar-refractivity contribution in [2.75, 3.05) is 5.75 Å². The van der Waals surface area contributed by atoms with Gasteiger partial charge in [-0.15, -0.1) is 0 Å². The van der Waals surface area contributed by atoms with E-state index in [2.05, 4.69) is 23.3 Å². The molecule has 0 bridgehead atoms. The lowest BCUT2D eigenvalue weighted by Crippen LogP contribution is -2.60. The Kier molecular flexibility index (Phi) is 9.87. The smallest absolute Gasteiger partial charge is 0.408 e. The number of nitrogens with one attached hydrogen (secondary N) is 2. The van der Waals surface area contributed by atoms with Crippen LogP contribution in [0.1, 0.15) is 80.3 Å². The first-order chi connectivity index (χ1) is 15.4. The normalized spacial score (nSPS) is 14.1. The average molecular weight is 496 g/mol. The van der Waals surface area contributed by atoms with Crippen LogP contribution in [0.25, 0.3) is 0 Å². The van der Waals surface area contributed by atoms with E-state index in [9.17, 15) is 19.5 Å². The van der Waals surface area contributed by atoms with Crippen LogP contribution < -0.4 is 10.6 Å². The topological polar surface area (TPSA) is 108 Å². The van der Waals surface area contributed by atoms with Crippen LogP contribution in [0.15, 0.2) is 24.3 Å². The Hall–Kier alpha value is -2.42. The molecule has 2 unspecified atom stereocenters. The molecule has 3 amide bonds. The van der Waals surface area contributed by atoms with Gasteiger partial charge in [-0.1, -0.05) is 25.1 Å². The summed E-state index contributed by atoms with van der Waals surface area (Å²) < 4.78 is 5.32. The summed E-state index contributed by atoms with van der Waals surface area (Å²) in [7, 11) is 0. The van der Waals surface area contributed by atoms with Crippen molar-refractivity contribution in [3.8, 4) is 5.75 Å². The lowest BCUT2D eigenvalue weighted by atomic mass is 9.91. The number of carbonyl (C=O) groups is 3. The highest BCUT2D eigenvalue weighted by Crippen LogP contribution is 2.36. The summed E-state index contributed by atoms with van der Waals surface area (Å²) in [6.07, 6.45) is -0.246. The monoisotopic (exact) mass is 495 g/mol. The van der Waals surface area contributed by atoms with E-state index < -0.39 is 46.7 Å². The Labute approximate surface area is 209 Å². The van der Waals surface area contributed by atoms with Crippen LogP contribution in [0.3, 0.4) is 0 Å². The van der Waals surface area contributed by atoms with Gasteiger partial charge in [-0.05, 0) is 67.9 Å². The molecule has 0 spiro atoms. The second-order valence-electron chi connectivity index (χ2n) is 11.0. The molecule has 0 saturated carbocycles. The zero-order valence-electron chi connectivity index (χ0n) is 21.9. The number of alkyl carbamates (subject to hydrolysis) is 1. The van der Waals surface area contributed by atoms with Gasteiger partial charge in [-0.3, -0.25) is 9.59 Å². The Morgan fingerprint density at radius 1 is 1.06 bits per heavy atom. The van der Waals surface area contributed by atoms with Crippen LogP contribution >= 0.6 is 12.6 Å². The number of phenols is 1. The van der Waals surface area contributed by atoms with Crippen molar-refractivity contribution >= 4 is 30.5 Å². The lowest BCUT2D eigenvalue weighted by Gasteiger charge is -2.45. The van der Waals surface area contributed by atoms with Crippen molar-refractivity contribution < 1.29 is 24.2 Å². The van der Waals surface area contributed by atoms with E-state index in [1.165, 1.54) is 11.0 Å². The van der Waals surface area contributed by atoms with Crippen molar-refractivity contribution in [3.05, 3.63) is 29.8 Å². The minimum atomic E-state index is -1.15. The van der Waals surface area contributed by atoms with Crippen molar-refractivity contribution in [3.63, 3.8) is 0 Å². The maximum atomic E-state index is 13.9. The highest BCUT2D eigenvalue weighted by molar-refractivity contribution is 7.80. The Balaban J connectivity index is 3.60. The van der Waals surface area contributed by atoms with Crippen molar-refractivity contribution in [2.24, 2.45) is 0 Å². The predicted octanol–water partition coefficient (Wildman–Crippen LogP) is 4.19. The minimum Gasteiger partial charge on any atom is -0.508 e. The summed E-state index contributed by atoms with van der Waals surface area (Å²) >= 11 is 4.29. The first-order valence-corrected chi connectivity index (χ1v) is 12.1. The summed E-state index contributed by atoms with van der Waals surface area (Å²) in [5, 5.41) is 16.2. The SMILES string of the molecule is CCC(C)(C)N(C(=O)C(CS)NC(=O)OC(C)(C)C)C(C(=O)NC(C)(C)C)c1ccccc1O. The number of hydrogen-bond acceptors (Lipinski definition) is 6. The number of carbonyl (C=O) groups excluding carboxylic acids is 3. The number of para-hydroxylation sites is 1. The van der Waals surface area contributed by atoms with Crippen LogP contribution in [0.5, 0.6) is 5.75 Å². The molecule has 2 atom stereocenters. The van der Waals surface area contributed by atoms with E-state index in [1.54, 1.807) is 39.0 Å². The van der Waals surface area contributed by atoms with Crippen LogP contribution in [0.2, 0.25) is 0 Å². The van der Waals surface area contributed by atoms with E-state index in [0.717, 1.165) is 0 Å². The number of nitrogens with zero attached hydrogens (tertiary/aromatic N) is 1. The Morgan fingerprint density at radius 2 is 1.62 bits per heavy atom. The summed E-state index contributed by atoms with van der Waals surface area (Å²) in [6, 6.07) is 4.23. The summed E-state index contributed by atoms with van der Waals surface area (Å²) in [5.41, 5.74) is -1.85. The van der Waals surface area contributed by atoms with Gasteiger partial charge in [0.25, 0.3) is 0 Å². The predicted molar refractivity (Wildman–Crippen MR) is 137 cm³/mol. The quantitative estimate of drug-likeness (QED) is 0.405. The molecule has 0 heterocycles. The molecule has 1 aromatic carbocycles. The van der Waals surface area contributed by atoms with E-state index in [1.807, 2.05) is 41.5 Å². The third-order valence-electron chi connectivity index (χ3n) is 5.16. The molecular weight excluding hydrogens is 454 g/mol. The highest BCUT2D eigenvalue weighted by atomic mass is 32.1. The third-order valence-corrected chi connectivity index (χ3v) is 5.53. The van der Waals surface area contributed by atoms with Crippen molar-refractivity contribution in [1.82, 2.24) is 15.5 Å². The second-order valence-corrected chi connectivity index (χ2v) is 11.3. The van der Waals surface area contributed by atoms with E-state index in [4.69, 9.17) is 4.74 Å². The number of phenolic OH excluding ortho intramolecular Hbond substituents is 1. The van der Waals surface area contributed by atoms with Gasteiger partial charge in [0.15, 0.2) is 0 Å². The molecule has 0 aromatic heterocycles. The number of benzene rings is 1. The second kappa shape index (κ2) is 11.3. The summed E-state index contributed by atoms with van der Waals surface area (Å²) in [5.74, 6) is -1.07. The lowest BCUT2D eigenvalue weighted by molar-refractivity contribution is -0.149. The van der Waals surface area contributed by atoms with Gasteiger partial charge in [0.2, 0.25) is 11.8 Å². The number of ether oxygens (including phenoxy) is 1. The van der Waals surface area contributed by atoms with E-state index >= 15 is 0 Å². The molecule has 0 aliphatic rings. The minimum absolute atomic E-state index is 0.0112.